The Labute approximate surface area is 143 Å². The second kappa shape index (κ2) is 6.47. The number of pyridine rings is 1. The van der Waals surface area contributed by atoms with Gasteiger partial charge in [-0.3, -0.25) is 4.90 Å². The Balaban J connectivity index is 1.43. The number of likely N-dealkylation sites (tertiary alicyclic amines) is 2. The highest BCUT2D eigenvalue weighted by Crippen LogP contribution is 2.26. The predicted octanol–water partition coefficient (Wildman–Crippen LogP) is 2.07. The van der Waals surface area contributed by atoms with E-state index in [-0.39, 0.29) is 0 Å². The average Bonchev–Trinajstić information content (AvgIpc) is 3.09. The lowest BCUT2D eigenvalue weighted by atomic mass is 10.0. The van der Waals surface area contributed by atoms with E-state index in [1.54, 1.807) is 0 Å². The summed E-state index contributed by atoms with van der Waals surface area (Å²) < 4.78 is 2.18. The van der Waals surface area contributed by atoms with Crippen LogP contribution in [0, 0.1) is 6.92 Å². The number of β-amino-alcohol motifs (C(OH)–C–C–N with tert-alkyl or cyclic N) is 1. The molecule has 0 saturated carbocycles. The van der Waals surface area contributed by atoms with Crippen LogP contribution in [0.2, 0.25) is 0 Å². The van der Waals surface area contributed by atoms with Crippen LogP contribution in [-0.4, -0.2) is 62.6 Å². The summed E-state index contributed by atoms with van der Waals surface area (Å²) in [6.45, 7) is 7.80. The van der Waals surface area contributed by atoms with Crippen molar-refractivity contribution in [1.82, 2.24) is 19.2 Å². The zero-order valence-corrected chi connectivity index (χ0v) is 14.6. The molecule has 2 fully saturated rings. The Kier molecular flexibility index (Phi) is 4.33. The van der Waals surface area contributed by atoms with Crippen molar-refractivity contribution >= 4 is 5.65 Å². The minimum absolute atomic E-state index is 0.550. The van der Waals surface area contributed by atoms with Crippen LogP contribution in [0.4, 0.5) is 0 Å². The highest BCUT2D eigenvalue weighted by atomic mass is 16.3. The summed E-state index contributed by atoms with van der Waals surface area (Å²) in [6, 6.07) is 6.13. The number of fused-ring (bicyclic) bond motifs is 1. The van der Waals surface area contributed by atoms with Crippen LogP contribution in [0.5, 0.6) is 0 Å². The van der Waals surface area contributed by atoms with E-state index >= 15 is 0 Å². The van der Waals surface area contributed by atoms with Gasteiger partial charge < -0.3 is 14.4 Å². The molecule has 4 rings (SSSR count). The fourth-order valence-corrected chi connectivity index (χ4v) is 4.30. The average molecular weight is 328 g/mol. The lowest BCUT2D eigenvalue weighted by molar-refractivity contribution is 0.00624. The van der Waals surface area contributed by atoms with Gasteiger partial charge in [0.2, 0.25) is 0 Å². The summed E-state index contributed by atoms with van der Waals surface area (Å²) in [6.07, 6.45) is 6.86. The molecule has 2 aliphatic heterocycles. The molecule has 24 heavy (non-hydrogen) atoms. The van der Waals surface area contributed by atoms with E-state index in [4.69, 9.17) is 0 Å². The van der Waals surface area contributed by atoms with E-state index in [1.807, 2.05) is 18.2 Å². The van der Waals surface area contributed by atoms with Gasteiger partial charge in [0.05, 0.1) is 17.0 Å². The maximum atomic E-state index is 11.0. The summed E-state index contributed by atoms with van der Waals surface area (Å²) in [7, 11) is 0. The SMILES string of the molecule is Cc1nc2ccccn2c1CN1CC[C@@](O)(CN2CCCCC2)C1. The minimum atomic E-state index is -0.550. The minimum Gasteiger partial charge on any atom is -0.387 e. The summed E-state index contributed by atoms with van der Waals surface area (Å²) in [4.78, 5) is 9.48. The normalized spacial score (nSPS) is 26.4. The lowest BCUT2D eigenvalue weighted by Crippen LogP contribution is -2.46. The first-order valence-corrected chi connectivity index (χ1v) is 9.23. The van der Waals surface area contributed by atoms with Crippen LogP contribution in [0.15, 0.2) is 24.4 Å². The summed E-state index contributed by atoms with van der Waals surface area (Å²) in [5, 5.41) is 11.0. The molecule has 0 aromatic carbocycles. The Morgan fingerprint density at radius 2 is 1.96 bits per heavy atom. The quantitative estimate of drug-likeness (QED) is 0.933. The molecule has 2 aromatic heterocycles. The first-order valence-electron chi connectivity index (χ1n) is 9.23. The number of nitrogens with zero attached hydrogens (tertiary/aromatic N) is 4. The van der Waals surface area contributed by atoms with Crippen LogP contribution in [0.25, 0.3) is 5.65 Å². The molecular formula is C19H28N4O. The lowest BCUT2D eigenvalue weighted by Gasteiger charge is -2.33. The van der Waals surface area contributed by atoms with Gasteiger partial charge in [0.1, 0.15) is 5.65 Å². The topological polar surface area (TPSA) is 44.0 Å². The molecule has 5 nitrogen and oxygen atoms in total. The second-order valence-corrected chi connectivity index (χ2v) is 7.59. The van der Waals surface area contributed by atoms with E-state index in [1.165, 1.54) is 25.0 Å². The van der Waals surface area contributed by atoms with E-state index in [0.717, 1.165) is 57.0 Å². The third-order valence-electron chi connectivity index (χ3n) is 5.58. The van der Waals surface area contributed by atoms with Crippen molar-refractivity contribution in [2.24, 2.45) is 0 Å². The van der Waals surface area contributed by atoms with Gasteiger partial charge in [0.15, 0.2) is 0 Å². The summed E-state index contributed by atoms with van der Waals surface area (Å²) >= 11 is 0. The number of aryl methyl sites for hydroxylation is 1. The number of hydrogen-bond acceptors (Lipinski definition) is 4. The molecule has 5 heteroatoms. The Morgan fingerprint density at radius 1 is 1.12 bits per heavy atom. The van der Waals surface area contributed by atoms with Gasteiger partial charge in [-0.15, -0.1) is 0 Å². The largest absolute Gasteiger partial charge is 0.387 e. The van der Waals surface area contributed by atoms with Crippen LogP contribution in [-0.2, 0) is 6.54 Å². The zero-order valence-electron chi connectivity index (χ0n) is 14.6. The molecule has 130 valence electrons. The van der Waals surface area contributed by atoms with E-state index < -0.39 is 5.60 Å². The van der Waals surface area contributed by atoms with Crippen molar-refractivity contribution < 1.29 is 5.11 Å². The first-order chi connectivity index (χ1) is 11.6. The molecule has 0 bridgehead atoms. The van der Waals surface area contributed by atoms with E-state index in [2.05, 4.69) is 32.3 Å². The highest BCUT2D eigenvalue weighted by Gasteiger charge is 2.38. The van der Waals surface area contributed by atoms with Gasteiger partial charge in [0.25, 0.3) is 0 Å². The van der Waals surface area contributed by atoms with Crippen molar-refractivity contribution in [3.63, 3.8) is 0 Å². The molecule has 2 saturated heterocycles. The van der Waals surface area contributed by atoms with Crippen LogP contribution in [0.3, 0.4) is 0 Å². The second-order valence-electron chi connectivity index (χ2n) is 7.59. The fraction of sp³-hybridized carbons (Fsp3) is 0.632. The van der Waals surface area contributed by atoms with Gasteiger partial charge in [-0.05, 0) is 51.4 Å². The Hall–Kier alpha value is -1.43. The zero-order chi connectivity index (χ0) is 16.6. The number of aliphatic hydroxyl groups is 1. The highest BCUT2D eigenvalue weighted by molar-refractivity contribution is 5.42. The maximum absolute atomic E-state index is 11.0. The third-order valence-corrected chi connectivity index (χ3v) is 5.58. The molecule has 1 atom stereocenters. The Morgan fingerprint density at radius 3 is 2.79 bits per heavy atom. The van der Waals surface area contributed by atoms with Crippen molar-refractivity contribution in [3.8, 4) is 0 Å². The molecular weight excluding hydrogens is 300 g/mol. The van der Waals surface area contributed by atoms with Crippen molar-refractivity contribution in [3.05, 3.63) is 35.8 Å². The van der Waals surface area contributed by atoms with Crippen LogP contribution < -0.4 is 0 Å². The molecule has 2 aliphatic rings. The molecule has 4 heterocycles. The van der Waals surface area contributed by atoms with Crippen molar-refractivity contribution in [1.29, 1.82) is 0 Å². The molecule has 0 amide bonds. The fourth-order valence-electron chi connectivity index (χ4n) is 4.30. The number of piperidine rings is 1. The monoisotopic (exact) mass is 328 g/mol. The smallest absolute Gasteiger partial charge is 0.137 e. The molecule has 0 spiro atoms. The predicted molar refractivity (Wildman–Crippen MR) is 95.1 cm³/mol. The molecule has 1 N–H and O–H groups in total. The molecule has 0 radical (unpaired) electrons. The van der Waals surface area contributed by atoms with Crippen molar-refractivity contribution in [2.45, 2.75) is 44.8 Å². The van der Waals surface area contributed by atoms with Crippen LogP contribution in [0.1, 0.15) is 37.1 Å². The molecule has 2 aromatic rings. The van der Waals surface area contributed by atoms with Gasteiger partial charge >= 0.3 is 0 Å². The number of aromatic nitrogens is 2. The number of rotatable bonds is 4. The van der Waals surface area contributed by atoms with E-state index in [0.29, 0.717) is 0 Å². The van der Waals surface area contributed by atoms with Gasteiger partial charge in [0, 0.05) is 32.4 Å². The number of imidazole rings is 1. The van der Waals surface area contributed by atoms with Crippen molar-refractivity contribution in [2.75, 3.05) is 32.7 Å². The van der Waals surface area contributed by atoms with Crippen LogP contribution >= 0.6 is 0 Å². The molecule has 0 aliphatic carbocycles. The van der Waals surface area contributed by atoms with Gasteiger partial charge in [-0.25, -0.2) is 4.98 Å². The molecule has 0 unspecified atom stereocenters. The third kappa shape index (κ3) is 3.21. The number of hydrogen-bond donors (Lipinski definition) is 1. The first kappa shape index (κ1) is 16.1. The Bertz CT molecular complexity index is 706. The summed E-state index contributed by atoms with van der Waals surface area (Å²) in [5.41, 5.74) is 2.79. The maximum Gasteiger partial charge on any atom is 0.137 e. The van der Waals surface area contributed by atoms with E-state index in [9.17, 15) is 5.11 Å². The van der Waals surface area contributed by atoms with Gasteiger partial charge in [-0.1, -0.05) is 12.5 Å². The standard InChI is InChI=1S/C19H28N4O/c1-16-17(23-11-6-3-7-18(23)20-16)13-22-12-8-19(24,15-22)14-21-9-4-2-5-10-21/h3,6-7,11,24H,2,4-5,8-10,12-15H2,1H3/t19-/m1/s1. The summed E-state index contributed by atoms with van der Waals surface area (Å²) in [5.74, 6) is 0. The van der Waals surface area contributed by atoms with Gasteiger partial charge in [-0.2, -0.15) is 0 Å².